The summed E-state index contributed by atoms with van der Waals surface area (Å²) in [4.78, 5) is 30.2. The predicted octanol–water partition coefficient (Wildman–Crippen LogP) is 11.8. The number of likely N-dealkylation sites (tertiary alicyclic amines) is 1. The first-order valence-corrected chi connectivity index (χ1v) is 20.2. The Morgan fingerprint density at radius 2 is 1.20 bits per heavy atom. The van der Waals surface area contributed by atoms with Crippen LogP contribution in [0.5, 0.6) is 0 Å². The Hall–Kier alpha value is -4.87. The molecule has 2 fully saturated rings. The number of hydrogen-bond acceptors (Lipinski definition) is 4. The summed E-state index contributed by atoms with van der Waals surface area (Å²) >= 11 is 7.03. The van der Waals surface area contributed by atoms with Crippen molar-refractivity contribution in [3.8, 4) is 11.1 Å². The fourth-order valence-electron chi connectivity index (χ4n) is 9.15. The maximum Gasteiger partial charge on any atom is 0.410 e. The van der Waals surface area contributed by atoms with Gasteiger partial charge in [-0.15, -0.1) is 0 Å². The van der Waals surface area contributed by atoms with Gasteiger partial charge < -0.3 is 9.47 Å². The van der Waals surface area contributed by atoms with E-state index >= 15 is 0 Å². The molecule has 3 aliphatic rings. The summed E-state index contributed by atoms with van der Waals surface area (Å²) in [5, 5.41) is 0.495. The number of ether oxygens (including phenoxy) is 2. The third-order valence-electron chi connectivity index (χ3n) is 11.9. The Bertz CT molecular complexity index is 2030. The molecular formula is C48H48ClNO4. The maximum absolute atomic E-state index is 14.7. The average molecular weight is 738 g/mol. The second-order valence-corrected chi connectivity index (χ2v) is 15.5. The van der Waals surface area contributed by atoms with Gasteiger partial charge in [0.25, 0.3) is 0 Å². The van der Waals surface area contributed by atoms with Crippen LogP contribution in [0.4, 0.5) is 4.79 Å². The van der Waals surface area contributed by atoms with Crippen LogP contribution in [-0.4, -0.2) is 36.2 Å². The van der Waals surface area contributed by atoms with Crippen LogP contribution in [0.25, 0.3) is 11.1 Å². The fraction of sp³-hybridized carbons (Fsp3) is 0.333. The molecule has 0 radical (unpaired) electrons. The molecule has 5 nitrogen and oxygen atoms in total. The first-order chi connectivity index (χ1) is 26.5. The van der Waals surface area contributed by atoms with Crippen molar-refractivity contribution in [3.05, 3.63) is 166 Å². The van der Waals surface area contributed by atoms with E-state index in [0.717, 1.165) is 22.3 Å². The lowest BCUT2D eigenvalue weighted by Crippen LogP contribution is -2.46. The van der Waals surface area contributed by atoms with Crippen LogP contribution in [0, 0.1) is 0 Å². The number of rotatable bonds is 8. The normalized spacial score (nSPS) is 18.8. The summed E-state index contributed by atoms with van der Waals surface area (Å²) in [6, 6.07) is 41.9. The van der Waals surface area contributed by atoms with Crippen molar-refractivity contribution >= 4 is 23.7 Å². The minimum atomic E-state index is -1.36. The zero-order chi connectivity index (χ0) is 36.9. The van der Waals surface area contributed by atoms with E-state index in [9.17, 15) is 9.59 Å². The second-order valence-electron chi connectivity index (χ2n) is 15.1. The molecule has 8 rings (SSSR count). The predicted molar refractivity (Wildman–Crippen MR) is 215 cm³/mol. The van der Waals surface area contributed by atoms with Crippen molar-refractivity contribution < 1.29 is 19.1 Å². The van der Waals surface area contributed by atoms with Crippen LogP contribution in [0.15, 0.2) is 127 Å². The molecule has 1 unspecified atom stereocenters. The molecule has 276 valence electrons. The van der Waals surface area contributed by atoms with Gasteiger partial charge in [0, 0.05) is 34.2 Å². The SMILES string of the molecule is O=C(OC(c1ccccc1)(c1ccc(C2CCCCCCCC2)cc1)c1ccccc1Cl)[C@@H]1CCCN1C(=O)OCC1c2ccccc2-c2ccccc21. The van der Waals surface area contributed by atoms with Crippen molar-refractivity contribution in [2.24, 2.45) is 0 Å². The monoisotopic (exact) mass is 737 g/mol. The lowest BCUT2D eigenvalue weighted by molar-refractivity contribution is -0.158. The molecule has 1 amide bonds. The number of fused-ring (bicyclic) bond motifs is 3. The molecule has 1 saturated heterocycles. The minimum Gasteiger partial charge on any atom is -0.448 e. The Morgan fingerprint density at radius 3 is 1.87 bits per heavy atom. The first-order valence-electron chi connectivity index (χ1n) is 19.8. The number of benzene rings is 5. The smallest absolute Gasteiger partial charge is 0.410 e. The van der Waals surface area contributed by atoms with Crippen molar-refractivity contribution in [1.29, 1.82) is 0 Å². The van der Waals surface area contributed by atoms with Gasteiger partial charge in [0.2, 0.25) is 0 Å². The zero-order valence-electron chi connectivity index (χ0n) is 30.8. The van der Waals surface area contributed by atoms with Crippen LogP contribution in [0.1, 0.15) is 109 Å². The standard InChI is InChI=1S/C48H48ClNO4/c49-44-26-15-14-25-43(44)48(36-19-8-5-9-20-36,37-30-28-35(29-31-37)34-17-6-3-1-2-4-7-18-34)54-46(51)45-27-16-32-50(45)47(52)53-33-42-40-23-12-10-21-38(40)39-22-11-13-24-41(39)42/h5,8-15,19-26,28-31,34,42,45H,1-4,6-7,16-18,27,32-33H2/t45-,48?/m0/s1. The van der Waals surface area contributed by atoms with Crippen molar-refractivity contribution in [2.75, 3.05) is 13.2 Å². The third kappa shape index (κ3) is 7.07. The summed E-state index contributed by atoms with van der Waals surface area (Å²) < 4.78 is 12.9. The summed E-state index contributed by atoms with van der Waals surface area (Å²) in [7, 11) is 0. The molecule has 1 saturated carbocycles. The molecule has 5 aromatic rings. The summed E-state index contributed by atoms with van der Waals surface area (Å²) in [5.41, 5.74) is 6.86. The van der Waals surface area contributed by atoms with Gasteiger partial charge in [-0.25, -0.2) is 9.59 Å². The van der Waals surface area contributed by atoms with Gasteiger partial charge in [-0.2, -0.15) is 0 Å². The Balaban J connectivity index is 1.09. The van der Waals surface area contributed by atoms with E-state index in [4.69, 9.17) is 21.1 Å². The minimum absolute atomic E-state index is 0.0739. The number of esters is 1. The highest BCUT2D eigenvalue weighted by Gasteiger charge is 2.46. The van der Waals surface area contributed by atoms with E-state index < -0.39 is 23.7 Å². The molecule has 1 aliphatic heterocycles. The van der Waals surface area contributed by atoms with E-state index in [1.54, 1.807) is 4.90 Å². The number of nitrogens with zero attached hydrogens (tertiary/aromatic N) is 1. The third-order valence-corrected chi connectivity index (χ3v) is 12.3. The summed E-state index contributed by atoms with van der Waals surface area (Å²) in [5.74, 6) is -0.0457. The van der Waals surface area contributed by atoms with Crippen molar-refractivity contribution in [3.63, 3.8) is 0 Å². The molecular weight excluding hydrogens is 690 g/mol. The van der Waals surface area contributed by atoms with Gasteiger partial charge in [0.1, 0.15) is 12.6 Å². The largest absolute Gasteiger partial charge is 0.448 e. The molecule has 5 aromatic carbocycles. The molecule has 6 heteroatoms. The summed E-state index contributed by atoms with van der Waals surface area (Å²) in [6.07, 6.45) is 10.8. The Kier molecular flexibility index (Phi) is 10.9. The Labute approximate surface area is 324 Å². The molecule has 2 atom stereocenters. The molecule has 1 heterocycles. The fourth-order valence-corrected chi connectivity index (χ4v) is 9.42. The molecule has 0 N–H and O–H groups in total. The highest BCUT2D eigenvalue weighted by atomic mass is 35.5. The van der Waals surface area contributed by atoms with E-state index in [2.05, 4.69) is 48.5 Å². The first kappa shape index (κ1) is 36.1. The lowest BCUT2D eigenvalue weighted by Gasteiger charge is -2.37. The highest BCUT2D eigenvalue weighted by molar-refractivity contribution is 6.31. The topological polar surface area (TPSA) is 55.8 Å². The number of carbonyl (C=O) groups excluding carboxylic acids is 2. The average Bonchev–Trinajstić information content (AvgIpc) is 3.87. The highest BCUT2D eigenvalue weighted by Crippen LogP contribution is 2.46. The molecule has 0 spiro atoms. The number of amides is 1. The van der Waals surface area contributed by atoms with Gasteiger partial charge in [-0.05, 0) is 65.5 Å². The number of hydrogen-bond donors (Lipinski definition) is 0. The zero-order valence-corrected chi connectivity index (χ0v) is 31.6. The molecule has 54 heavy (non-hydrogen) atoms. The van der Waals surface area contributed by atoms with Crippen LogP contribution >= 0.6 is 11.6 Å². The van der Waals surface area contributed by atoms with Gasteiger partial charge in [-0.1, -0.05) is 171 Å². The van der Waals surface area contributed by atoms with Crippen molar-refractivity contribution in [1.82, 2.24) is 4.90 Å². The molecule has 2 aliphatic carbocycles. The van der Waals surface area contributed by atoms with Gasteiger partial charge in [-0.3, -0.25) is 4.90 Å². The Morgan fingerprint density at radius 1 is 0.630 bits per heavy atom. The van der Waals surface area contributed by atoms with Crippen LogP contribution in [-0.2, 0) is 19.9 Å². The molecule has 0 bridgehead atoms. The van der Waals surface area contributed by atoms with Gasteiger partial charge in [0.15, 0.2) is 5.60 Å². The van der Waals surface area contributed by atoms with Crippen molar-refractivity contribution in [2.45, 2.75) is 87.7 Å². The second kappa shape index (κ2) is 16.2. The maximum atomic E-state index is 14.7. The lowest BCUT2D eigenvalue weighted by atomic mass is 9.78. The molecule has 0 aromatic heterocycles. The quantitative estimate of drug-likeness (QED) is 0.117. The van der Waals surface area contributed by atoms with E-state index in [-0.39, 0.29) is 12.5 Å². The van der Waals surface area contributed by atoms with Gasteiger partial charge in [0.05, 0.1) is 0 Å². The number of carbonyl (C=O) groups is 2. The van der Waals surface area contributed by atoms with Crippen LogP contribution in [0.2, 0.25) is 5.02 Å². The van der Waals surface area contributed by atoms with E-state index in [0.29, 0.717) is 35.9 Å². The number of halogens is 1. The summed E-state index contributed by atoms with van der Waals surface area (Å²) in [6.45, 7) is 0.600. The van der Waals surface area contributed by atoms with Crippen LogP contribution < -0.4 is 0 Å². The van der Waals surface area contributed by atoms with E-state index in [1.807, 2.05) is 78.9 Å². The van der Waals surface area contributed by atoms with E-state index in [1.165, 1.54) is 68.1 Å². The van der Waals surface area contributed by atoms with Gasteiger partial charge >= 0.3 is 12.1 Å². The van der Waals surface area contributed by atoms with Crippen LogP contribution in [0.3, 0.4) is 0 Å².